The first kappa shape index (κ1) is 16.1. The van der Waals surface area contributed by atoms with E-state index >= 15 is 0 Å². The molecule has 1 fully saturated rings. The van der Waals surface area contributed by atoms with Gasteiger partial charge in [0.25, 0.3) is 5.91 Å². The third-order valence-electron chi connectivity index (χ3n) is 5.16. The fourth-order valence-electron chi connectivity index (χ4n) is 3.67. The summed E-state index contributed by atoms with van der Waals surface area (Å²) in [5.74, 6) is 1.15. The van der Waals surface area contributed by atoms with E-state index in [2.05, 4.69) is 29.6 Å². The number of carbonyl (C=O) groups is 1. The second kappa shape index (κ2) is 6.19. The Labute approximate surface area is 147 Å². The number of aromatic nitrogens is 1. The zero-order valence-electron chi connectivity index (χ0n) is 14.7. The molecule has 1 saturated heterocycles. The van der Waals surface area contributed by atoms with Crippen LogP contribution in [0.15, 0.2) is 34.9 Å². The molecular formula is C19H24N4O2. The third-order valence-corrected chi connectivity index (χ3v) is 5.16. The molecule has 0 unspecified atom stereocenters. The van der Waals surface area contributed by atoms with E-state index < -0.39 is 5.54 Å². The SMILES string of the molecule is CC(C)c1cc(CN2C(=O)C3(CCNCC3)Nc3ccccc32)on1. The summed E-state index contributed by atoms with van der Waals surface area (Å²) in [6.07, 6.45) is 1.56. The highest BCUT2D eigenvalue weighted by Gasteiger charge is 2.46. The number of hydrogen-bond donors (Lipinski definition) is 2. The average Bonchev–Trinajstić information content (AvgIpc) is 3.09. The summed E-state index contributed by atoms with van der Waals surface area (Å²) in [4.78, 5) is 15.2. The summed E-state index contributed by atoms with van der Waals surface area (Å²) < 4.78 is 5.49. The summed E-state index contributed by atoms with van der Waals surface area (Å²) in [5, 5.41) is 11.0. The molecule has 1 amide bonds. The first-order valence-corrected chi connectivity index (χ1v) is 8.94. The summed E-state index contributed by atoms with van der Waals surface area (Å²) in [7, 11) is 0. The van der Waals surface area contributed by atoms with E-state index in [1.165, 1.54) is 0 Å². The number of rotatable bonds is 3. The maximum atomic E-state index is 13.4. The van der Waals surface area contributed by atoms with Crippen molar-refractivity contribution in [2.24, 2.45) is 0 Å². The molecule has 1 spiro atoms. The molecule has 1 aromatic heterocycles. The Morgan fingerprint density at radius 1 is 1.28 bits per heavy atom. The van der Waals surface area contributed by atoms with E-state index in [4.69, 9.17) is 4.52 Å². The van der Waals surface area contributed by atoms with Crippen molar-refractivity contribution < 1.29 is 9.32 Å². The van der Waals surface area contributed by atoms with Crippen molar-refractivity contribution in [3.63, 3.8) is 0 Å². The Morgan fingerprint density at radius 3 is 2.76 bits per heavy atom. The highest BCUT2D eigenvalue weighted by molar-refractivity contribution is 6.07. The first-order chi connectivity index (χ1) is 12.1. The molecule has 0 radical (unpaired) electrons. The molecule has 6 nitrogen and oxygen atoms in total. The zero-order valence-corrected chi connectivity index (χ0v) is 14.7. The van der Waals surface area contributed by atoms with E-state index in [1.807, 2.05) is 35.2 Å². The molecule has 2 aliphatic rings. The van der Waals surface area contributed by atoms with Gasteiger partial charge in [-0.25, -0.2) is 0 Å². The van der Waals surface area contributed by atoms with Gasteiger partial charge in [-0.2, -0.15) is 0 Å². The predicted molar refractivity (Wildman–Crippen MR) is 96.7 cm³/mol. The van der Waals surface area contributed by atoms with Gasteiger partial charge in [-0.15, -0.1) is 0 Å². The number of carbonyl (C=O) groups excluding carboxylic acids is 1. The van der Waals surface area contributed by atoms with Crippen LogP contribution in [-0.4, -0.2) is 29.7 Å². The molecule has 0 bridgehead atoms. The second-order valence-corrected chi connectivity index (χ2v) is 7.24. The molecule has 2 aliphatic heterocycles. The van der Waals surface area contributed by atoms with Gasteiger partial charge in [0.1, 0.15) is 5.54 Å². The minimum absolute atomic E-state index is 0.121. The highest BCUT2D eigenvalue weighted by Crippen LogP contribution is 2.39. The van der Waals surface area contributed by atoms with E-state index in [9.17, 15) is 4.79 Å². The highest BCUT2D eigenvalue weighted by atomic mass is 16.5. The predicted octanol–water partition coefficient (Wildman–Crippen LogP) is 2.88. The van der Waals surface area contributed by atoms with Crippen LogP contribution in [0.1, 0.15) is 44.1 Å². The Hall–Kier alpha value is -2.34. The maximum absolute atomic E-state index is 13.4. The summed E-state index contributed by atoms with van der Waals surface area (Å²) in [6.45, 7) is 6.25. The lowest BCUT2D eigenvalue weighted by molar-refractivity contribution is -0.124. The van der Waals surface area contributed by atoms with E-state index in [0.29, 0.717) is 12.5 Å². The smallest absolute Gasteiger partial charge is 0.253 e. The number of hydrogen-bond acceptors (Lipinski definition) is 5. The van der Waals surface area contributed by atoms with E-state index in [-0.39, 0.29) is 5.91 Å². The lowest BCUT2D eigenvalue weighted by Gasteiger charge is -2.45. The van der Waals surface area contributed by atoms with Crippen LogP contribution in [0.4, 0.5) is 11.4 Å². The normalized spacial score (nSPS) is 19.2. The van der Waals surface area contributed by atoms with Gasteiger partial charge in [0.15, 0.2) is 5.76 Å². The topological polar surface area (TPSA) is 70.4 Å². The Morgan fingerprint density at radius 2 is 2.04 bits per heavy atom. The largest absolute Gasteiger partial charge is 0.369 e. The van der Waals surface area contributed by atoms with Gasteiger partial charge in [0.05, 0.1) is 23.6 Å². The Kier molecular flexibility index (Phi) is 4.00. The number of benzene rings is 1. The van der Waals surface area contributed by atoms with Gasteiger partial charge in [-0.1, -0.05) is 31.1 Å². The molecule has 4 rings (SSSR count). The lowest BCUT2D eigenvalue weighted by atomic mass is 9.84. The molecule has 1 aromatic carbocycles. The molecule has 25 heavy (non-hydrogen) atoms. The quantitative estimate of drug-likeness (QED) is 0.899. The summed E-state index contributed by atoms with van der Waals surface area (Å²) in [6, 6.07) is 9.94. The van der Waals surface area contributed by atoms with Crippen LogP contribution in [-0.2, 0) is 11.3 Å². The molecule has 2 N–H and O–H groups in total. The first-order valence-electron chi connectivity index (χ1n) is 8.94. The minimum atomic E-state index is -0.527. The Bertz CT molecular complexity index is 777. The lowest BCUT2D eigenvalue weighted by Crippen LogP contribution is -2.61. The number of amides is 1. The van der Waals surface area contributed by atoms with Gasteiger partial charge >= 0.3 is 0 Å². The molecule has 132 valence electrons. The zero-order chi connectivity index (χ0) is 17.4. The van der Waals surface area contributed by atoms with E-state index in [0.717, 1.165) is 48.8 Å². The van der Waals surface area contributed by atoms with Crippen molar-refractivity contribution in [3.8, 4) is 0 Å². The van der Waals surface area contributed by atoms with Gasteiger partial charge in [0.2, 0.25) is 0 Å². The monoisotopic (exact) mass is 340 g/mol. The number of nitrogens with zero attached hydrogens (tertiary/aromatic N) is 2. The molecule has 3 heterocycles. The molecule has 0 saturated carbocycles. The minimum Gasteiger partial charge on any atom is -0.369 e. The molecule has 0 aliphatic carbocycles. The average molecular weight is 340 g/mol. The van der Waals surface area contributed by atoms with Crippen molar-refractivity contribution in [2.75, 3.05) is 23.3 Å². The van der Waals surface area contributed by atoms with Gasteiger partial charge in [-0.3, -0.25) is 4.79 Å². The van der Waals surface area contributed by atoms with Gasteiger partial charge < -0.3 is 20.1 Å². The number of nitrogens with one attached hydrogen (secondary N) is 2. The van der Waals surface area contributed by atoms with Crippen LogP contribution in [0.5, 0.6) is 0 Å². The maximum Gasteiger partial charge on any atom is 0.253 e. The second-order valence-electron chi connectivity index (χ2n) is 7.24. The van der Waals surface area contributed by atoms with Crippen LogP contribution >= 0.6 is 0 Å². The van der Waals surface area contributed by atoms with Crippen LogP contribution < -0.4 is 15.5 Å². The molecule has 2 aromatic rings. The number of fused-ring (bicyclic) bond motifs is 1. The summed E-state index contributed by atoms with van der Waals surface area (Å²) >= 11 is 0. The fourth-order valence-corrected chi connectivity index (χ4v) is 3.67. The number of anilines is 2. The number of piperidine rings is 1. The summed E-state index contributed by atoms with van der Waals surface area (Å²) in [5.41, 5.74) is 2.30. The molecule has 0 atom stereocenters. The van der Waals surface area contributed by atoms with Crippen LogP contribution in [0.2, 0.25) is 0 Å². The van der Waals surface area contributed by atoms with Crippen molar-refractivity contribution in [1.29, 1.82) is 0 Å². The Balaban J connectivity index is 1.69. The van der Waals surface area contributed by atoms with Crippen molar-refractivity contribution in [1.82, 2.24) is 10.5 Å². The third kappa shape index (κ3) is 2.80. The standard InChI is InChI=1S/C19H24N4O2/c1-13(2)16-11-14(25-22-16)12-23-17-6-4-3-5-15(17)21-19(18(23)24)7-9-20-10-8-19/h3-6,11,13,20-21H,7-10,12H2,1-2H3. The van der Waals surface area contributed by atoms with Crippen LogP contribution in [0.25, 0.3) is 0 Å². The van der Waals surface area contributed by atoms with Gasteiger partial charge in [-0.05, 0) is 44.0 Å². The van der Waals surface area contributed by atoms with Crippen LogP contribution in [0.3, 0.4) is 0 Å². The number of para-hydroxylation sites is 2. The molecular weight excluding hydrogens is 316 g/mol. The van der Waals surface area contributed by atoms with E-state index in [1.54, 1.807) is 0 Å². The fraction of sp³-hybridized carbons (Fsp3) is 0.474. The van der Waals surface area contributed by atoms with Crippen molar-refractivity contribution >= 4 is 17.3 Å². The van der Waals surface area contributed by atoms with Crippen LogP contribution in [0, 0.1) is 0 Å². The van der Waals surface area contributed by atoms with Gasteiger partial charge in [0, 0.05) is 6.07 Å². The molecule has 6 heteroatoms. The van der Waals surface area contributed by atoms with Crippen molar-refractivity contribution in [2.45, 2.75) is 44.7 Å². The van der Waals surface area contributed by atoms with Crippen molar-refractivity contribution in [3.05, 3.63) is 41.8 Å².